The molecular weight excluding hydrogens is 218 g/mol. The molecule has 0 spiro atoms. The number of nitrogens with one attached hydrogen (secondary N) is 1. The summed E-state index contributed by atoms with van der Waals surface area (Å²) < 4.78 is 0. The molecule has 0 aliphatic rings. The van der Waals surface area contributed by atoms with Gasteiger partial charge >= 0.3 is 0 Å². The fourth-order valence-corrected chi connectivity index (χ4v) is 2.27. The van der Waals surface area contributed by atoms with Crippen LogP contribution in [-0.4, -0.2) is 5.54 Å². The van der Waals surface area contributed by atoms with Crippen molar-refractivity contribution in [3.05, 3.63) is 34.9 Å². The van der Waals surface area contributed by atoms with E-state index in [1.54, 1.807) is 0 Å². The monoisotopic (exact) mass is 239 g/mol. The molecule has 1 aromatic rings. The van der Waals surface area contributed by atoms with E-state index in [1.165, 1.54) is 24.8 Å². The van der Waals surface area contributed by atoms with E-state index in [0.717, 1.165) is 11.6 Å². The SMILES string of the molecule is CCC(CC)(CC)NCc1cccc(Cl)c1. The molecule has 1 nitrogen and oxygen atoms in total. The van der Waals surface area contributed by atoms with E-state index >= 15 is 0 Å². The standard InChI is InChI=1S/C14H22ClN/c1-4-14(5-2,6-3)16-11-12-8-7-9-13(15)10-12/h7-10,16H,4-6,11H2,1-3H3. The molecule has 0 heterocycles. The van der Waals surface area contributed by atoms with Crippen LogP contribution in [0.4, 0.5) is 0 Å². The summed E-state index contributed by atoms with van der Waals surface area (Å²) in [5.41, 5.74) is 1.54. The lowest BCUT2D eigenvalue weighted by Crippen LogP contribution is -2.43. The Bertz CT molecular complexity index is 310. The minimum atomic E-state index is 0.280. The van der Waals surface area contributed by atoms with E-state index in [0.29, 0.717) is 0 Å². The van der Waals surface area contributed by atoms with Gasteiger partial charge in [-0.05, 0) is 37.0 Å². The van der Waals surface area contributed by atoms with Gasteiger partial charge in [0.05, 0.1) is 0 Å². The van der Waals surface area contributed by atoms with Gasteiger partial charge in [-0.1, -0.05) is 44.5 Å². The van der Waals surface area contributed by atoms with Crippen molar-refractivity contribution in [1.29, 1.82) is 0 Å². The first-order valence-corrected chi connectivity index (χ1v) is 6.53. The highest BCUT2D eigenvalue weighted by molar-refractivity contribution is 6.30. The van der Waals surface area contributed by atoms with Crippen LogP contribution in [0.1, 0.15) is 45.6 Å². The van der Waals surface area contributed by atoms with Crippen molar-refractivity contribution in [3.63, 3.8) is 0 Å². The Morgan fingerprint density at radius 3 is 2.25 bits per heavy atom. The van der Waals surface area contributed by atoms with Crippen molar-refractivity contribution in [1.82, 2.24) is 5.32 Å². The van der Waals surface area contributed by atoms with Crippen molar-refractivity contribution in [2.75, 3.05) is 0 Å². The smallest absolute Gasteiger partial charge is 0.0409 e. The highest BCUT2D eigenvalue weighted by Crippen LogP contribution is 2.20. The predicted octanol–water partition coefficient (Wildman–Crippen LogP) is 4.40. The summed E-state index contributed by atoms with van der Waals surface area (Å²) in [4.78, 5) is 0. The lowest BCUT2D eigenvalue weighted by Gasteiger charge is -2.32. The molecule has 1 rings (SSSR count). The lowest BCUT2D eigenvalue weighted by molar-refractivity contribution is 0.288. The number of halogens is 1. The molecule has 0 aromatic heterocycles. The largest absolute Gasteiger partial charge is 0.307 e. The van der Waals surface area contributed by atoms with Gasteiger partial charge < -0.3 is 5.32 Å². The number of hydrogen-bond donors (Lipinski definition) is 1. The Kier molecular flexibility index (Phi) is 5.30. The van der Waals surface area contributed by atoms with Crippen molar-refractivity contribution < 1.29 is 0 Å². The van der Waals surface area contributed by atoms with Gasteiger partial charge in [0.2, 0.25) is 0 Å². The second-order valence-electron chi connectivity index (χ2n) is 4.32. The highest BCUT2D eigenvalue weighted by Gasteiger charge is 2.22. The van der Waals surface area contributed by atoms with Crippen LogP contribution in [0.5, 0.6) is 0 Å². The fourth-order valence-electron chi connectivity index (χ4n) is 2.06. The van der Waals surface area contributed by atoms with Crippen molar-refractivity contribution in [2.24, 2.45) is 0 Å². The Hall–Kier alpha value is -0.530. The zero-order chi connectivity index (χ0) is 12.0. The molecule has 16 heavy (non-hydrogen) atoms. The molecule has 90 valence electrons. The zero-order valence-corrected chi connectivity index (χ0v) is 11.3. The Labute approximate surface area is 104 Å². The summed E-state index contributed by atoms with van der Waals surface area (Å²) >= 11 is 5.97. The maximum Gasteiger partial charge on any atom is 0.0409 e. The van der Waals surface area contributed by atoms with E-state index < -0.39 is 0 Å². The van der Waals surface area contributed by atoms with Crippen molar-refractivity contribution >= 4 is 11.6 Å². The molecular formula is C14H22ClN. The topological polar surface area (TPSA) is 12.0 Å². The normalized spacial score (nSPS) is 11.8. The first-order chi connectivity index (χ1) is 7.65. The van der Waals surface area contributed by atoms with Crippen LogP contribution in [0.3, 0.4) is 0 Å². The first kappa shape index (κ1) is 13.5. The maximum absolute atomic E-state index is 5.97. The van der Waals surface area contributed by atoms with Crippen molar-refractivity contribution in [3.8, 4) is 0 Å². The van der Waals surface area contributed by atoms with Gasteiger partial charge in [-0.3, -0.25) is 0 Å². The Morgan fingerprint density at radius 2 is 1.75 bits per heavy atom. The van der Waals surface area contributed by atoms with E-state index in [-0.39, 0.29) is 5.54 Å². The van der Waals surface area contributed by atoms with E-state index in [9.17, 15) is 0 Å². The second-order valence-corrected chi connectivity index (χ2v) is 4.76. The molecule has 0 saturated heterocycles. The zero-order valence-electron chi connectivity index (χ0n) is 10.5. The predicted molar refractivity (Wildman–Crippen MR) is 71.9 cm³/mol. The molecule has 1 aromatic carbocycles. The van der Waals surface area contributed by atoms with E-state index in [1.807, 2.05) is 18.2 Å². The van der Waals surface area contributed by atoms with Gasteiger partial charge in [-0.15, -0.1) is 0 Å². The van der Waals surface area contributed by atoms with Gasteiger partial charge in [0.15, 0.2) is 0 Å². The van der Waals surface area contributed by atoms with Gasteiger partial charge in [0, 0.05) is 17.1 Å². The third kappa shape index (κ3) is 3.50. The van der Waals surface area contributed by atoms with Crippen LogP contribution in [0.2, 0.25) is 5.02 Å². The van der Waals surface area contributed by atoms with Crippen LogP contribution >= 0.6 is 11.6 Å². The molecule has 0 aliphatic heterocycles. The first-order valence-electron chi connectivity index (χ1n) is 6.15. The van der Waals surface area contributed by atoms with Gasteiger partial charge in [-0.25, -0.2) is 0 Å². The van der Waals surface area contributed by atoms with Gasteiger partial charge in [0.1, 0.15) is 0 Å². The van der Waals surface area contributed by atoms with E-state index in [4.69, 9.17) is 11.6 Å². The third-order valence-electron chi connectivity index (χ3n) is 3.59. The number of rotatable bonds is 6. The lowest BCUT2D eigenvalue weighted by atomic mass is 9.89. The van der Waals surface area contributed by atoms with Crippen LogP contribution in [0.25, 0.3) is 0 Å². The number of benzene rings is 1. The molecule has 0 radical (unpaired) electrons. The minimum Gasteiger partial charge on any atom is -0.307 e. The second kappa shape index (κ2) is 6.27. The average molecular weight is 240 g/mol. The van der Waals surface area contributed by atoms with Crippen LogP contribution in [0.15, 0.2) is 24.3 Å². The summed E-state index contributed by atoms with van der Waals surface area (Å²) in [6.07, 6.45) is 3.50. The fraction of sp³-hybridized carbons (Fsp3) is 0.571. The summed E-state index contributed by atoms with van der Waals surface area (Å²) in [5.74, 6) is 0. The van der Waals surface area contributed by atoms with Crippen LogP contribution < -0.4 is 5.32 Å². The number of hydrogen-bond acceptors (Lipinski definition) is 1. The molecule has 0 amide bonds. The third-order valence-corrected chi connectivity index (χ3v) is 3.82. The average Bonchev–Trinajstić information content (AvgIpc) is 2.32. The minimum absolute atomic E-state index is 0.280. The molecule has 0 unspecified atom stereocenters. The van der Waals surface area contributed by atoms with Crippen LogP contribution in [-0.2, 0) is 6.54 Å². The quantitative estimate of drug-likeness (QED) is 0.776. The summed E-state index contributed by atoms with van der Waals surface area (Å²) in [6.45, 7) is 7.64. The summed E-state index contributed by atoms with van der Waals surface area (Å²) in [6, 6.07) is 8.06. The Balaban J connectivity index is 2.62. The highest BCUT2D eigenvalue weighted by atomic mass is 35.5. The molecule has 0 atom stereocenters. The van der Waals surface area contributed by atoms with Crippen molar-refractivity contribution in [2.45, 2.75) is 52.1 Å². The van der Waals surface area contributed by atoms with Crippen LogP contribution in [0, 0.1) is 0 Å². The molecule has 2 heteroatoms. The Morgan fingerprint density at radius 1 is 1.12 bits per heavy atom. The molecule has 0 aliphatic carbocycles. The maximum atomic E-state index is 5.97. The van der Waals surface area contributed by atoms with Gasteiger partial charge in [0.25, 0.3) is 0 Å². The van der Waals surface area contributed by atoms with E-state index in [2.05, 4.69) is 32.2 Å². The summed E-state index contributed by atoms with van der Waals surface area (Å²) in [5, 5.41) is 4.48. The van der Waals surface area contributed by atoms with Gasteiger partial charge in [-0.2, -0.15) is 0 Å². The summed E-state index contributed by atoms with van der Waals surface area (Å²) in [7, 11) is 0. The molecule has 0 bridgehead atoms. The molecule has 1 N–H and O–H groups in total. The molecule has 0 saturated carbocycles. The molecule has 0 fully saturated rings.